The molecule has 5 heteroatoms. The van der Waals surface area contributed by atoms with Crippen LogP contribution in [0.25, 0.3) is 0 Å². The van der Waals surface area contributed by atoms with E-state index in [9.17, 15) is 9.59 Å². The summed E-state index contributed by atoms with van der Waals surface area (Å²) in [5.74, 6) is -0.435. The molecule has 1 unspecified atom stereocenters. The number of nitrogens with zero attached hydrogens (tertiary/aromatic N) is 1. The third-order valence-corrected chi connectivity index (χ3v) is 1.47. The predicted octanol–water partition coefficient (Wildman–Crippen LogP) is -1.11. The Morgan fingerprint density at radius 1 is 1.82 bits per heavy atom. The summed E-state index contributed by atoms with van der Waals surface area (Å²) >= 11 is 0. The van der Waals surface area contributed by atoms with Crippen LogP contribution in [0.4, 0.5) is 0 Å². The van der Waals surface area contributed by atoms with Crippen molar-refractivity contribution in [2.24, 2.45) is 0 Å². The molecule has 1 heterocycles. The molecule has 0 aromatic carbocycles. The Labute approximate surface area is 64.3 Å². The number of hydrogen-bond donors (Lipinski definition) is 1. The van der Waals surface area contributed by atoms with Crippen LogP contribution < -0.4 is 5.43 Å². The highest BCUT2D eigenvalue weighted by atomic mass is 16.5. The van der Waals surface area contributed by atoms with Crippen LogP contribution in [0.15, 0.2) is 0 Å². The van der Waals surface area contributed by atoms with Gasteiger partial charge in [0.1, 0.15) is 0 Å². The smallest absolute Gasteiger partial charge is 0.272 e. The molecule has 1 N–H and O–H groups in total. The van der Waals surface area contributed by atoms with Crippen LogP contribution in [0.5, 0.6) is 0 Å². The van der Waals surface area contributed by atoms with Gasteiger partial charge in [0, 0.05) is 14.0 Å². The van der Waals surface area contributed by atoms with E-state index in [2.05, 4.69) is 5.43 Å². The number of carbonyl (C=O) groups excluding carboxylic acids is 2. The molecule has 0 bridgehead atoms. The van der Waals surface area contributed by atoms with Crippen molar-refractivity contribution in [3.63, 3.8) is 0 Å². The largest absolute Gasteiger partial charge is 0.370 e. The molecule has 0 spiro atoms. The molecule has 62 valence electrons. The summed E-state index contributed by atoms with van der Waals surface area (Å²) in [7, 11) is 1.47. The molecule has 1 aliphatic rings. The van der Waals surface area contributed by atoms with E-state index in [4.69, 9.17) is 4.74 Å². The molecule has 5 nitrogen and oxygen atoms in total. The highest BCUT2D eigenvalue weighted by molar-refractivity contribution is 5.89. The fourth-order valence-corrected chi connectivity index (χ4v) is 0.861. The van der Waals surface area contributed by atoms with Gasteiger partial charge in [-0.25, -0.2) is 5.01 Å². The van der Waals surface area contributed by atoms with E-state index in [1.807, 2.05) is 0 Å². The quantitative estimate of drug-likeness (QED) is 0.519. The zero-order valence-corrected chi connectivity index (χ0v) is 6.46. The van der Waals surface area contributed by atoms with Crippen LogP contribution in [0.2, 0.25) is 0 Å². The van der Waals surface area contributed by atoms with E-state index in [1.165, 1.54) is 19.0 Å². The fraction of sp³-hybridized carbons (Fsp3) is 0.667. The molecule has 0 aromatic rings. The van der Waals surface area contributed by atoms with Crippen molar-refractivity contribution < 1.29 is 14.3 Å². The zero-order valence-electron chi connectivity index (χ0n) is 6.46. The Bertz CT molecular complexity index is 192. The van der Waals surface area contributed by atoms with E-state index in [0.717, 1.165) is 0 Å². The van der Waals surface area contributed by atoms with Gasteiger partial charge in [0.25, 0.3) is 5.91 Å². The molecule has 0 radical (unpaired) electrons. The van der Waals surface area contributed by atoms with Crippen LogP contribution in [0.1, 0.15) is 6.92 Å². The van der Waals surface area contributed by atoms with Gasteiger partial charge in [-0.1, -0.05) is 0 Å². The minimum Gasteiger partial charge on any atom is -0.370 e. The molecule has 2 amide bonds. The number of methoxy groups -OCH3 is 1. The number of hydrogen-bond acceptors (Lipinski definition) is 3. The zero-order chi connectivity index (χ0) is 8.43. The van der Waals surface area contributed by atoms with Crippen molar-refractivity contribution in [3.8, 4) is 0 Å². The monoisotopic (exact) mass is 158 g/mol. The molecule has 1 rings (SSSR count). The predicted molar refractivity (Wildman–Crippen MR) is 36.3 cm³/mol. The van der Waals surface area contributed by atoms with Gasteiger partial charge in [-0.2, -0.15) is 0 Å². The van der Waals surface area contributed by atoms with Gasteiger partial charge in [0.05, 0.1) is 6.54 Å². The normalized spacial score (nSPS) is 22.9. The number of ether oxygens (including phenoxy) is 1. The van der Waals surface area contributed by atoms with Crippen LogP contribution in [-0.2, 0) is 14.3 Å². The lowest BCUT2D eigenvalue weighted by molar-refractivity contribution is -0.167. The molecule has 1 aliphatic heterocycles. The van der Waals surface area contributed by atoms with Crippen molar-refractivity contribution >= 4 is 11.8 Å². The Morgan fingerprint density at radius 2 is 2.45 bits per heavy atom. The first-order valence-electron chi connectivity index (χ1n) is 3.26. The van der Waals surface area contributed by atoms with Gasteiger partial charge in [-0.15, -0.1) is 0 Å². The molecule has 0 aliphatic carbocycles. The lowest BCUT2D eigenvalue weighted by Gasteiger charge is -2.36. The van der Waals surface area contributed by atoms with Crippen LogP contribution in [0.3, 0.4) is 0 Å². The highest BCUT2D eigenvalue weighted by Gasteiger charge is 2.37. The van der Waals surface area contributed by atoms with Gasteiger partial charge in [-0.3, -0.25) is 15.0 Å². The first kappa shape index (κ1) is 8.00. The lowest BCUT2D eigenvalue weighted by Crippen LogP contribution is -2.63. The van der Waals surface area contributed by atoms with Gasteiger partial charge in [0.2, 0.25) is 5.91 Å². The van der Waals surface area contributed by atoms with Gasteiger partial charge in [-0.05, 0) is 0 Å². The van der Waals surface area contributed by atoms with Crippen molar-refractivity contribution in [1.82, 2.24) is 10.4 Å². The number of amides is 2. The SMILES string of the molecule is COC1CN(NC(C)=O)C1=O. The number of nitrogens with one attached hydrogen (secondary N) is 1. The fourth-order valence-electron chi connectivity index (χ4n) is 0.861. The van der Waals surface area contributed by atoms with Crippen LogP contribution in [-0.4, -0.2) is 36.6 Å². The molecular weight excluding hydrogens is 148 g/mol. The number of hydrazine groups is 1. The maximum absolute atomic E-state index is 10.9. The minimum absolute atomic E-state index is 0.192. The summed E-state index contributed by atoms with van der Waals surface area (Å²) in [5.41, 5.74) is 2.36. The second kappa shape index (κ2) is 2.87. The summed E-state index contributed by atoms with van der Waals surface area (Å²) in [6, 6.07) is 0. The van der Waals surface area contributed by atoms with E-state index < -0.39 is 0 Å². The Kier molecular flexibility index (Phi) is 2.09. The number of rotatable bonds is 2. The van der Waals surface area contributed by atoms with Crippen LogP contribution >= 0.6 is 0 Å². The first-order chi connectivity index (χ1) is 5.15. The molecular formula is C6H10N2O3. The van der Waals surface area contributed by atoms with Gasteiger partial charge in [0.15, 0.2) is 6.10 Å². The van der Waals surface area contributed by atoms with Crippen molar-refractivity contribution in [2.75, 3.05) is 13.7 Å². The average Bonchev–Trinajstić information content (AvgIpc) is 1.96. The number of β-lactam (4-membered cyclic amide) rings is 1. The second-order valence-electron chi connectivity index (χ2n) is 2.34. The van der Waals surface area contributed by atoms with Gasteiger partial charge >= 0.3 is 0 Å². The summed E-state index contributed by atoms with van der Waals surface area (Å²) in [4.78, 5) is 21.4. The topological polar surface area (TPSA) is 58.6 Å². The van der Waals surface area contributed by atoms with E-state index in [1.54, 1.807) is 0 Å². The molecule has 1 saturated heterocycles. The van der Waals surface area contributed by atoms with Crippen molar-refractivity contribution in [3.05, 3.63) is 0 Å². The third-order valence-electron chi connectivity index (χ3n) is 1.47. The molecule has 0 aromatic heterocycles. The third kappa shape index (κ3) is 1.48. The summed E-state index contributed by atoms with van der Waals surface area (Å²) in [6.07, 6.45) is -0.373. The Hall–Kier alpha value is -1.10. The molecule has 11 heavy (non-hydrogen) atoms. The Balaban J connectivity index is 2.33. The van der Waals surface area contributed by atoms with Crippen molar-refractivity contribution in [1.29, 1.82) is 0 Å². The van der Waals surface area contributed by atoms with Crippen molar-refractivity contribution in [2.45, 2.75) is 13.0 Å². The Morgan fingerprint density at radius 3 is 2.82 bits per heavy atom. The highest BCUT2D eigenvalue weighted by Crippen LogP contribution is 2.09. The number of carbonyl (C=O) groups is 2. The maximum atomic E-state index is 10.9. The van der Waals surface area contributed by atoms with Gasteiger partial charge < -0.3 is 4.74 Å². The summed E-state index contributed by atoms with van der Waals surface area (Å²) in [6.45, 7) is 1.79. The second-order valence-corrected chi connectivity index (χ2v) is 2.34. The average molecular weight is 158 g/mol. The molecule has 1 atom stereocenters. The summed E-state index contributed by atoms with van der Waals surface area (Å²) < 4.78 is 4.77. The molecule has 0 saturated carbocycles. The van der Waals surface area contributed by atoms with E-state index in [0.29, 0.717) is 6.54 Å². The lowest BCUT2D eigenvalue weighted by atomic mass is 10.2. The van der Waals surface area contributed by atoms with E-state index >= 15 is 0 Å². The first-order valence-corrected chi connectivity index (χ1v) is 3.26. The summed E-state index contributed by atoms with van der Waals surface area (Å²) in [5, 5.41) is 1.23. The standard InChI is InChI=1S/C6H10N2O3/c1-4(9)7-8-3-5(11-2)6(8)10/h5H,3H2,1-2H3,(H,7,9). The minimum atomic E-state index is -0.373. The maximum Gasteiger partial charge on any atom is 0.272 e. The molecule has 1 fully saturated rings. The van der Waals surface area contributed by atoms with E-state index in [-0.39, 0.29) is 17.9 Å². The van der Waals surface area contributed by atoms with Crippen LogP contribution in [0, 0.1) is 0 Å².